The van der Waals surface area contributed by atoms with Crippen molar-refractivity contribution in [3.8, 4) is 0 Å². The zero-order chi connectivity index (χ0) is 13.9. The van der Waals surface area contributed by atoms with Gasteiger partial charge in [-0.25, -0.2) is 4.99 Å². The van der Waals surface area contributed by atoms with E-state index in [9.17, 15) is 5.11 Å². The molecule has 1 aliphatic rings. The van der Waals surface area contributed by atoms with E-state index in [1.165, 1.54) is 0 Å². The van der Waals surface area contributed by atoms with Crippen LogP contribution in [-0.2, 0) is 4.74 Å². The summed E-state index contributed by atoms with van der Waals surface area (Å²) >= 11 is 3.42. The number of aliphatic hydroxyl groups excluding tert-OH is 1. The maximum Gasteiger partial charge on any atom is 0.217 e. The van der Waals surface area contributed by atoms with Crippen molar-refractivity contribution in [2.75, 3.05) is 6.61 Å². The van der Waals surface area contributed by atoms with Crippen LogP contribution in [0.3, 0.4) is 0 Å². The summed E-state index contributed by atoms with van der Waals surface area (Å²) in [5, 5.41) is 9.52. The van der Waals surface area contributed by atoms with Gasteiger partial charge >= 0.3 is 0 Å². The summed E-state index contributed by atoms with van der Waals surface area (Å²) in [6.45, 7) is -0.0307. The third kappa shape index (κ3) is 2.62. The minimum atomic E-state index is -0.258. The van der Waals surface area contributed by atoms with Gasteiger partial charge in [-0.1, -0.05) is 46.3 Å². The highest BCUT2D eigenvalue weighted by Gasteiger charge is 2.32. The molecule has 102 valence electrons. The van der Waals surface area contributed by atoms with Gasteiger partial charge in [-0.2, -0.15) is 0 Å². The lowest BCUT2D eigenvalue weighted by Crippen LogP contribution is -2.17. The van der Waals surface area contributed by atoms with Crippen LogP contribution < -0.4 is 0 Å². The molecule has 2 aromatic rings. The van der Waals surface area contributed by atoms with Crippen molar-refractivity contribution >= 4 is 21.8 Å². The van der Waals surface area contributed by atoms with Crippen LogP contribution in [0.5, 0.6) is 0 Å². The van der Waals surface area contributed by atoms with Gasteiger partial charge in [-0.15, -0.1) is 0 Å². The second kappa shape index (κ2) is 5.77. The Kier molecular flexibility index (Phi) is 3.85. The van der Waals surface area contributed by atoms with Gasteiger partial charge in [0.15, 0.2) is 6.10 Å². The fourth-order valence-electron chi connectivity index (χ4n) is 2.25. The van der Waals surface area contributed by atoms with Crippen LogP contribution >= 0.6 is 15.9 Å². The van der Waals surface area contributed by atoms with E-state index in [1.807, 2.05) is 54.6 Å². The first-order valence-electron chi connectivity index (χ1n) is 6.44. The lowest BCUT2D eigenvalue weighted by molar-refractivity contribution is 0.152. The topological polar surface area (TPSA) is 41.8 Å². The van der Waals surface area contributed by atoms with Gasteiger partial charge in [0.1, 0.15) is 6.04 Å². The standard InChI is InChI=1S/C16H14BrNO2/c17-13-8-6-11(7-9-13)15-14(10-19)18-16(20-15)12-4-2-1-3-5-12/h1-9,14-15,19H,10H2. The van der Waals surface area contributed by atoms with Crippen LogP contribution in [0.15, 0.2) is 64.1 Å². The van der Waals surface area contributed by atoms with Crippen molar-refractivity contribution < 1.29 is 9.84 Å². The summed E-state index contributed by atoms with van der Waals surface area (Å²) < 4.78 is 6.97. The average Bonchev–Trinajstić information content (AvgIpc) is 2.93. The number of benzene rings is 2. The number of nitrogens with zero attached hydrogens (tertiary/aromatic N) is 1. The van der Waals surface area contributed by atoms with E-state index in [0.717, 1.165) is 15.6 Å². The first-order valence-corrected chi connectivity index (χ1v) is 7.23. The van der Waals surface area contributed by atoms with Gasteiger partial charge in [0, 0.05) is 10.0 Å². The zero-order valence-electron chi connectivity index (χ0n) is 10.7. The maximum atomic E-state index is 9.52. The van der Waals surface area contributed by atoms with Gasteiger partial charge in [0.25, 0.3) is 0 Å². The minimum absolute atomic E-state index is 0.0307. The molecule has 0 amide bonds. The number of rotatable bonds is 3. The molecule has 1 N–H and O–H groups in total. The van der Waals surface area contributed by atoms with Crippen molar-refractivity contribution in [2.45, 2.75) is 12.1 Å². The molecule has 0 saturated carbocycles. The highest BCUT2D eigenvalue weighted by Crippen LogP contribution is 2.31. The normalized spacial score (nSPS) is 21.4. The Balaban J connectivity index is 1.87. The monoisotopic (exact) mass is 331 g/mol. The third-order valence-electron chi connectivity index (χ3n) is 3.28. The number of ether oxygens (including phenoxy) is 1. The number of halogens is 1. The number of hydrogen-bond acceptors (Lipinski definition) is 3. The van der Waals surface area contributed by atoms with Crippen LogP contribution in [-0.4, -0.2) is 23.7 Å². The predicted octanol–water partition coefficient (Wildman–Crippen LogP) is 3.33. The van der Waals surface area contributed by atoms with E-state index < -0.39 is 0 Å². The van der Waals surface area contributed by atoms with Crippen molar-refractivity contribution in [2.24, 2.45) is 4.99 Å². The Morgan fingerprint density at radius 1 is 1.05 bits per heavy atom. The van der Waals surface area contributed by atoms with Gasteiger partial charge in [0.2, 0.25) is 5.90 Å². The first-order chi connectivity index (χ1) is 9.78. The molecule has 2 unspecified atom stereocenters. The van der Waals surface area contributed by atoms with Gasteiger partial charge in [-0.3, -0.25) is 0 Å². The molecule has 0 aliphatic carbocycles. The summed E-state index contributed by atoms with van der Waals surface area (Å²) in [6, 6.07) is 17.4. The molecule has 0 radical (unpaired) electrons. The SMILES string of the molecule is OCC1N=C(c2ccccc2)OC1c1ccc(Br)cc1. The second-order valence-corrected chi connectivity index (χ2v) is 5.56. The molecule has 3 nitrogen and oxygen atoms in total. The lowest BCUT2D eigenvalue weighted by atomic mass is 10.0. The van der Waals surface area contributed by atoms with Gasteiger partial charge in [-0.05, 0) is 29.8 Å². The van der Waals surface area contributed by atoms with Crippen molar-refractivity contribution in [1.82, 2.24) is 0 Å². The molecule has 20 heavy (non-hydrogen) atoms. The summed E-state index contributed by atoms with van der Waals surface area (Å²) in [6.07, 6.45) is -0.233. The van der Waals surface area contributed by atoms with Crippen LogP contribution in [0.2, 0.25) is 0 Å². The summed E-state index contributed by atoms with van der Waals surface area (Å²) in [5.74, 6) is 0.595. The maximum absolute atomic E-state index is 9.52. The van der Waals surface area contributed by atoms with E-state index in [4.69, 9.17) is 4.74 Å². The van der Waals surface area contributed by atoms with Crippen LogP contribution in [0, 0.1) is 0 Å². The van der Waals surface area contributed by atoms with Crippen LogP contribution in [0.25, 0.3) is 0 Å². The molecule has 1 heterocycles. The molecule has 2 atom stereocenters. The summed E-state index contributed by atoms with van der Waals surface area (Å²) in [4.78, 5) is 4.49. The van der Waals surface area contributed by atoms with E-state index in [1.54, 1.807) is 0 Å². The average molecular weight is 332 g/mol. The van der Waals surface area contributed by atoms with Crippen LogP contribution in [0.4, 0.5) is 0 Å². The molecule has 0 fully saturated rings. The molecular formula is C16H14BrNO2. The second-order valence-electron chi connectivity index (χ2n) is 4.64. The molecule has 0 bridgehead atoms. The highest BCUT2D eigenvalue weighted by atomic mass is 79.9. The fourth-order valence-corrected chi connectivity index (χ4v) is 2.51. The molecular weight excluding hydrogens is 318 g/mol. The van der Waals surface area contributed by atoms with Crippen molar-refractivity contribution in [3.05, 3.63) is 70.2 Å². The minimum Gasteiger partial charge on any atom is -0.467 e. The molecule has 0 saturated heterocycles. The predicted molar refractivity (Wildman–Crippen MR) is 81.8 cm³/mol. The zero-order valence-corrected chi connectivity index (χ0v) is 12.3. The Morgan fingerprint density at radius 2 is 1.75 bits per heavy atom. The quantitative estimate of drug-likeness (QED) is 0.937. The Bertz CT molecular complexity index is 610. The molecule has 0 aromatic heterocycles. The third-order valence-corrected chi connectivity index (χ3v) is 3.81. The molecule has 2 aromatic carbocycles. The smallest absolute Gasteiger partial charge is 0.217 e. The molecule has 1 aliphatic heterocycles. The Hall–Kier alpha value is -1.65. The van der Waals surface area contributed by atoms with E-state index in [2.05, 4.69) is 20.9 Å². The van der Waals surface area contributed by atoms with Crippen molar-refractivity contribution in [3.63, 3.8) is 0 Å². The fraction of sp³-hybridized carbons (Fsp3) is 0.188. The lowest BCUT2D eigenvalue weighted by Gasteiger charge is -2.16. The van der Waals surface area contributed by atoms with Crippen LogP contribution in [0.1, 0.15) is 17.2 Å². The van der Waals surface area contributed by atoms with Gasteiger partial charge < -0.3 is 9.84 Å². The van der Waals surface area contributed by atoms with E-state index in [0.29, 0.717) is 5.90 Å². The number of aliphatic imine (C=N–C) groups is 1. The van der Waals surface area contributed by atoms with E-state index >= 15 is 0 Å². The number of hydrogen-bond donors (Lipinski definition) is 1. The van der Waals surface area contributed by atoms with E-state index in [-0.39, 0.29) is 18.8 Å². The summed E-state index contributed by atoms with van der Waals surface area (Å²) in [5.41, 5.74) is 1.95. The van der Waals surface area contributed by atoms with Crippen molar-refractivity contribution in [1.29, 1.82) is 0 Å². The summed E-state index contributed by atoms with van der Waals surface area (Å²) in [7, 11) is 0. The molecule has 0 spiro atoms. The highest BCUT2D eigenvalue weighted by molar-refractivity contribution is 9.10. The largest absolute Gasteiger partial charge is 0.467 e. The first kappa shape index (κ1) is 13.3. The van der Waals surface area contributed by atoms with Gasteiger partial charge in [0.05, 0.1) is 6.61 Å². The number of aliphatic hydroxyl groups is 1. The molecule has 3 rings (SSSR count). The molecule has 4 heteroatoms. The Morgan fingerprint density at radius 3 is 2.40 bits per heavy atom. The Labute approximate surface area is 126 Å².